The maximum Gasteiger partial charge on any atom is 0.336 e. The minimum atomic E-state index is -0.410. The van der Waals surface area contributed by atoms with E-state index in [0.29, 0.717) is 17.3 Å². The molecule has 6 heteroatoms. The Morgan fingerprint density at radius 1 is 1.40 bits per heavy atom. The Balaban J connectivity index is 1.55. The fraction of sp³-hybridized carbons (Fsp3) is 0.316. The summed E-state index contributed by atoms with van der Waals surface area (Å²) in [6.45, 7) is 1.68. The van der Waals surface area contributed by atoms with Crippen molar-refractivity contribution in [1.29, 1.82) is 0 Å². The molecule has 1 aliphatic rings. The van der Waals surface area contributed by atoms with Gasteiger partial charge in [-0.1, -0.05) is 12.2 Å². The van der Waals surface area contributed by atoms with Crippen LogP contribution in [0.5, 0.6) is 5.75 Å². The molecular weight excluding hydrogens is 320 g/mol. The zero-order valence-electron chi connectivity index (χ0n) is 14.0. The number of carbonyl (C=O) groups excluding carboxylic acids is 1. The highest BCUT2D eigenvalue weighted by atomic mass is 16.5. The molecule has 3 rings (SSSR count). The van der Waals surface area contributed by atoms with Crippen LogP contribution in [-0.4, -0.2) is 18.7 Å². The van der Waals surface area contributed by atoms with Gasteiger partial charge in [-0.15, -0.1) is 0 Å². The van der Waals surface area contributed by atoms with Crippen LogP contribution in [0.3, 0.4) is 0 Å². The molecule has 0 saturated carbocycles. The Bertz CT molecular complexity index is 883. The van der Waals surface area contributed by atoms with Gasteiger partial charge in [-0.3, -0.25) is 4.79 Å². The third-order valence-electron chi connectivity index (χ3n) is 4.08. The molecule has 1 aromatic heterocycles. The second-order valence-electron chi connectivity index (χ2n) is 6.05. The number of hydrogen-bond acceptors (Lipinski definition) is 5. The first kappa shape index (κ1) is 17.0. The summed E-state index contributed by atoms with van der Waals surface area (Å²) in [5.74, 6) is 0.490. The van der Waals surface area contributed by atoms with Gasteiger partial charge in [0.05, 0.1) is 0 Å². The summed E-state index contributed by atoms with van der Waals surface area (Å²) in [7, 11) is 0. The second kappa shape index (κ2) is 7.79. The standard InChI is InChI=1S/C19H20N2O4/c1-13-9-19(23)25-17-10-15(7-8-16(13)17)24-12-18(22)21-20-11-14-5-3-2-4-6-14/h2-3,7-11,14H,4-6,12H2,1H3,(H,21,22)/b20-11-/t14-/m0/s1. The van der Waals surface area contributed by atoms with Crippen molar-refractivity contribution in [3.05, 3.63) is 52.4 Å². The lowest BCUT2D eigenvalue weighted by Gasteiger charge is -2.11. The fourth-order valence-electron chi connectivity index (χ4n) is 2.74. The predicted octanol–water partition coefficient (Wildman–Crippen LogP) is 2.94. The van der Waals surface area contributed by atoms with Crippen LogP contribution < -0.4 is 15.8 Å². The number of ether oxygens (including phenoxy) is 1. The number of allylic oxidation sites excluding steroid dienone is 2. The number of hydrogen-bond donors (Lipinski definition) is 1. The monoisotopic (exact) mass is 340 g/mol. The average molecular weight is 340 g/mol. The van der Waals surface area contributed by atoms with Crippen molar-refractivity contribution < 1.29 is 13.9 Å². The van der Waals surface area contributed by atoms with Gasteiger partial charge in [0.25, 0.3) is 5.91 Å². The summed E-state index contributed by atoms with van der Waals surface area (Å²) in [6.07, 6.45) is 9.11. The smallest absolute Gasteiger partial charge is 0.336 e. The number of fused-ring (bicyclic) bond motifs is 1. The highest BCUT2D eigenvalue weighted by Gasteiger charge is 2.08. The molecular formula is C19H20N2O4. The van der Waals surface area contributed by atoms with Gasteiger partial charge in [0.2, 0.25) is 0 Å². The molecule has 1 aromatic carbocycles. The van der Waals surface area contributed by atoms with Gasteiger partial charge in [-0.05, 0) is 49.8 Å². The zero-order valence-corrected chi connectivity index (χ0v) is 14.0. The Labute approximate surface area is 145 Å². The molecule has 0 aliphatic heterocycles. The minimum absolute atomic E-state index is 0.163. The number of amides is 1. The highest BCUT2D eigenvalue weighted by Crippen LogP contribution is 2.22. The van der Waals surface area contributed by atoms with Crippen molar-refractivity contribution in [2.24, 2.45) is 11.0 Å². The van der Waals surface area contributed by atoms with E-state index in [1.54, 1.807) is 24.4 Å². The topological polar surface area (TPSA) is 80.9 Å². The quantitative estimate of drug-likeness (QED) is 0.393. The zero-order chi connectivity index (χ0) is 17.6. The van der Waals surface area contributed by atoms with Crippen LogP contribution in [0.4, 0.5) is 0 Å². The Morgan fingerprint density at radius 2 is 2.28 bits per heavy atom. The molecule has 0 radical (unpaired) electrons. The summed E-state index contributed by atoms with van der Waals surface area (Å²) in [4.78, 5) is 23.2. The molecule has 0 unspecified atom stereocenters. The molecule has 1 heterocycles. The van der Waals surface area contributed by atoms with Gasteiger partial charge in [0.15, 0.2) is 6.61 Å². The molecule has 1 N–H and O–H groups in total. The van der Waals surface area contributed by atoms with E-state index in [0.717, 1.165) is 30.2 Å². The molecule has 0 spiro atoms. The van der Waals surface area contributed by atoms with Gasteiger partial charge >= 0.3 is 5.63 Å². The first-order valence-corrected chi connectivity index (χ1v) is 8.26. The van der Waals surface area contributed by atoms with Crippen LogP contribution in [0.15, 0.2) is 50.7 Å². The fourth-order valence-corrected chi connectivity index (χ4v) is 2.74. The highest BCUT2D eigenvalue weighted by molar-refractivity contribution is 5.82. The molecule has 1 atom stereocenters. The van der Waals surface area contributed by atoms with Gasteiger partial charge < -0.3 is 9.15 Å². The maximum atomic E-state index is 11.8. The van der Waals surface area contributed by atoms with E-state index in [1.807, 2.05) is 6.92 Å². The van der Waals surface area contributed by atoms with Crippen molar-refractivity contribution in [2.75, 3.05) is 6.61 Å². The van der Waals surface area contributed by atoms with Gasteiger partial charge in [-0.2, -0.15) is 5.10 Å². The lowest BCUT2D eigenvalue weighted by atomic mass is 9.96. The molecule has 1 amide bonds. The molecule has 0 fully saturated rings. The molecule has 130 valence electrons. The number of benzene rings is 1. The molecule has 6 nitrogen and oxygen atoms in total. The number of nitrogens with zero attached hydrogens (tertiary/aromatic N) is 1. The predicted molar refractivity (Wildman–Crippen MR) is 95.8 cm³/mol. The summed E-state index contributed by atoms with van der Waals surface area (Å²) in [5, 5.41) is 4.82. The molecule has 0 bridgehead atoms. The minimum Gasteiger partial charge on any atom is -0.484 e. The average Bonchev–Trinajstić information content (AvgIpc) is 2.60. The van der Waals surface area contributed by atoms with Crippen LogP contribution in [-0.2, 0) is 4.79 Å². The summed E-state index contributed by atoms with van der Waals surface area (Å²) in [5.41, 5.74) is 3.33. The third-order valence-corrected chi connectivity index (χ3v) is 4.08. The second-order valence-corrected chi connectivity index (χ2v) is 6.05. The van der Waals surface area contributed by atoms with Crippen LogP contribution in [0.1, 0.15) is 24.8 Å². The van der Waals surface area contributed by atoms with Crippen molar-refractivity contribution in [2.45, 2.75) is 26.2 Å². The van der Waals surface area contributed by atoms with E-state index in [4.69, 9.17) is 9.15 Å². The molecule has 1 aliphatic carbocycles. The van der Waals surface area contributed by atoms with Crippen molar-refractivity contribution >= 4 is 23.1 Å². The van der Waals surface area contributed by atoms with Gasteiger partial charge in [0, 0.05) is 23.7 Å². The number of nitrogens with one attached hydrogen (secondary N) is 1. The summed E-state index contributed by atoms with van der Waals surface area (Å²) in [6, 6.07) is 6.58. The van der Waals surface area contributed by atoms with Crippen molar-refractivity contribution in [3.63, 3.8) is 0 Å². The largest absolute Gasteiger partial charge is 0.484 e. The Morgan fingerprint density at radius 3 is 3.08 bits per heavy atom. The first-order chi connectivity index (χ1) is 12.1. The number of hydrazone groups is 1. The lowest BCUT2D eigenvalue weighted by Crippen LogP contribution is -2.25. The number of rotatable bonds is 5. The van der Waals surface area contributed by atoms with E-state index in [1.165, 1.54) is 6.07 Å². The van der Waals surface area contributed by atoms with E-state index in [-0.39, 0.29) is 12.5 Å². The summed E-state index contributed by atoms with van der Waals surface area (Å²) < 4.78 is 10.6. The molecule has 2 aromatic rings. The van der Waals surface area contributed by atoms with E-state index >= 15 is 0 Å². The Kier molecular flexibility index (Phi) is 5.28. The first-order valence-electron chi connectivity index (χ1n) is 8.26. The normalized spacial score (nSPS) is 17.1. The van der Waals surface area contributed by atoms with E-state index < -0.39 is 5.63 Å². The van der Waals surface area contributed by atoms with Crippen LogP contribution >= 0.6 is 0 Å². The van der Waals surface area contributed by atoms with Gasteiger partial charge in [-0.25, -0.2) is 10.2 Å². The third kappa shape index (κ3) is 4.56. The van der Waals surface area contributed by atoms with E-state index in [9.17, 15) is 9.59 Å². The SMILES string of the molecule is Cc1cc(=O)oc2cc(OCC(=O)N/N=C\[C@H]3CC=CCC3)ccc12. The lowest BCUT2D eigenvalue weighted by molar-refractivity contribution is -0.123. The Hall–Kier alpha value is -2.89. The molecule has 25 heavy (non-hydrogen) atoms. The number of aryl methyl sites for hydroxylation is 1. The summed E-state index contributed by atoms with van der Waals surface area (Å²) >= 11 is 0. The van der Waals surface area contributed by atoms with Crippen LogP contribution in [0.25, 0.3) is 11.0 Å². The van der Waals surface area contributed by atoms with E-state index in [2.05, 4.69) is 22.7 Å². The van der Waals surface area contributed by atoms with Crippen LogP contribution in [0, 0.1) is 12.8 Å². The molecule has 0 saturated heterocycles. The number of carbonyl (C=O) groups is 1. The maximum absolute atomic E-state index is 11.8. The van der Waals surface area contributed by atoms with Gasteiger partial charge in [0.1, 0.15) is 11.3 Å². The van der Waals surface area contributed by atoms with Crippen molar-refractivity contribution in [1.82, 2.24) is 5.43 Å². The van der Waals surface area contributed by atoms with Crippen molar-refractivity contribution in [3.8, 4) is 5.75 Å². The van der Waals surface area contributed by atoms with Crippen LogP contribution in [0.2, 0.25) is 0 Å².